The number of hydrogen-bond donors (Lipinski definition) is 1. The fourth-order valence-electron chi connectivity index (χ4n) is 6.65. The van der Waals surface area contributed by atoms with Crippen molar-refractivity contribution in [3.63, 3.8) is 0 Å². The van der Waals surface area contributed by atoms with Gasteiger partial charge < -0.3 is 13.9 Å². The molecule has 5 nitrogen and oxygen atoms in total. The van der Waals surface area contributed by atoms with Crippen molar-refractivity contribution in [1.29, 1.82) is 0 Å². The topological polar surface area (TPSA) is 71.8 Å². The first kappa shape index (κ1) is 30.4. The van der Waals surface area contributed by atoms with Crippen LogP contribution < -0.4 is 0 Å². The summed E-state index contributed by atoms with van der Waals surface area (Å²) in [4.78, 5) is 9.98. The average molecular weight is 641 g/mol. The Morgan fingerprint density at radius 3 is 2.18 bits per heavy atom. The van der Waals surface area contributed by atoms with Crippen LogP contribution in [0.1, 0.15) is 43.0 Å². The second-order valence-electron chi connectivity index (χ2n) is 13.8. The van der Waals surface area contributed by atoms with E-state index >= 15 is 0 Å². The number of para-hydroxylation sites is 3. The normalized spacial score (nSPS) is 12.2. The molecule has 0 aliphatic carbocycles. The number of fused-ring (bicyclic) bond motifs is 4. The van der Waals surface area contributed by atoms with Gasteiger partial charge in [-0.05, 0) is 78.4 Å². The second kappa shape index (κ2) is 11.6. The van der Waals surface area contributed by atoms with Crippen LogP contribution >= 0.6 is 0 Å². The highest BCUT2D eigenvalue weighted by Gasteiger charge is 2.21. The number of rotatable bonds is 5. The summed E-state index contributed by atoms with van der Waals surface area (Å²) in [5, 5.41) is 12.8. The van der Waals surface area contributed by atoms with Crippen molar-refractivity contribution in [1.82, 2.24) is 4.98 Å². The number of aromatic nitrogens is 1. The molecular formula is C44H36N2O3. The molecule has 0 saturated carbocycles. The van der Waals surface area contributed by atoms with Crippen LogP contribution in [0.5, 0.6) is 5.75 Å². The summed E-state index contributed by atoms with van der Waals surface area (Å²) in [5.41, 5.74) is 12.6. The van der Waals surface area contributed by atoms with Crippen LogP contribution in [0.3, 0.4) is 0 Å². The van der Waals surface area contributed by atoms with E-state index in [9.17, 15) is 5.11 Å². The zero-order valence-corrected chi connectivity index (χ0v) is 28.2. The molecule has 0 spiro atoms. The Morgan fingerprint density at radius 1 is 0.653 bits per heavy atom. The molecule has 1 N–H and O–H groups in total. The molecule has 0 amide bonds. The Labute approximate surface area is 285 Å². The minimum absolute atomic E-state index is 0.0627. The van der Waals surface area contributed by atoms with E-state index in [1.54, 1.807) is 12.3 Å². The van der Waals surface area contributed by atoms with E-state index in [0.717, 1.165) is 60.8 Å². The van der Waals surface area contributed by atoms with Crippen LogP contribution in [-0.4, -0.2) is 16.3 Å². The molecular weight excluding hydrogens is 604 g/mol. The third kappa shape index (κ3) is 5.57. The molecule has 0 aliphatic rings. The Hall–Kier alpha value is -5.94. The molecule has 0 fully saturated rings. The number of aliphatic imine (C=N–C) groups is 1. The quantitative estimate of drug-likeness (QED) is 0.190. The van der Waals surface area contributed by atoms with Crippen molar-refractivity contribution in [2.45, 2.75) is 40.0 Å². The highest BCUT2D eigenvalue weighted by atomic mass is 16.3. The van der Waals surface area contributed by atoms with E-state index in [1.165, 1.54) is 11.1 Å². The van der Waals surface area contributed by atoms with Gasteiger partial charge in [0.25, 0.3) is 0 Å². The maximum absolute atomic E-state index is 10.6. The summed E-state index contributed by atoms with van der Waals surface area (Å²) in [5.74, 6) is 0.644. The lowest BCUT2D eigenvalue weighted by molar-refractivity contribution is 0.473. The van der Waals surface area contributed by atoms with Gasteiger partial charge in [0.05, 0.1) is 11.3 Å². The lowest BCUT2D eigenvalue weighted by Crippen LogP contribution is -2.11. The Balaban J connectivity index is 1.32. The van der Waals surface area contributed by atoms with Crippen molar-refractivity contribution in [3.8, 4) is 39.5 Å². The Morgan fingerprint density at radius 2 is 1.37 bits per heavy atom. The van der Waals surface area contributed by atoms with Crippen LogP contribution in [0.4, 0.5) is 5.69 Å². The zero-order chi connectivity index (χ0) is 33.9. The number of furan rings is 1. The van der Waals surface area contributed by atoms with Gasteiger partial charge in [-0.3, -0.25) is 4.99 Å². The minimum atomic E-state index is -0.0627. The SMILES string of the molecule is Cc1cc(C)cc(-c2cc(-c3cccc4c3oc3ccccc34)c3nc(-c4ccccc4N=Cc4cc(C(C)(C)C)ccc4O)oc3c2)c1. The maximum Gasteiger partial charge on any atom is 0.229 e. The fraction of sp³-hybridized carbons (Fsp3) is 0.136. The number of benzene rings is 6. The standard InChI is InChI=1S/C44H36N2O3/c1-26-19-27(2)21-28(20-26)29-23-36(34-14-10-13-33-32-11-7-9-16-39(32)48-42(33)34)41-40(24-29)49-43(46-41)35-12-6-8-15-37(35)45-25-30-22-31(44(3,4)5)17-18-38(30)47/h6-25,47H,1-5H3. The second-order valence-corrected chi connectivity index (χ2v) is 13.8. The summed E-state index contributed by atoms with van der Waals surface area (Å²) in [6.07, 6.45) is 1.71. The van der Waals surface area contributed by atoms with Gasteiger partial charge in [-0.25, -0.2) is 4.98 Å². The molecule has 0 aliphatic heterocycles. The molecule has 0 unspecified atom stereocenters. The molecule has 5 heteroatoms. The third-order valence-electron chi connectivity index (χ3n) is 9.12. The lowest BCUT2D eigenvalue weighted by atomic mass is 9.86. The monoisotopic (exact) mass is 640 g/mol. The van der Waals surface area contributed by atoms with Crippen LogP contribution in [0.15, 0.2) is 129 Å². The van der Waals surface area contributed by atoms with Gasteiger partial charge >= 0.3 is 0 Å². The van der Waals surface area contributed by atoms with Gasteiger partial charge in [-0.1, -0.05) is 105 Å². The van der Waals surface area contributed by atoms with Gasteiger partial charge in [0.15, 0.2) is 5.58 Å². The molecule has 2 aromatic heterocycles. The van der Waals surface area contributed by atoms with E-state index in [-0.39, 0.29) is 11.2 Å². The molecule has 2 heterocycles. The van der Waals surface area contributed by atoms with Crippen LogP contribution in [-0.2, 0) is 5.41 Å². The molecule has 0 radical (unpaired) electrons. The first-order valence-electron chi connectivity index (χ1n) is 16.5. The Bertz CT molecular complexity index is 2560. The average Bonchev–Trinajstić information content (AvgIpc) is 3.69. The summed E-state index contributed by atoms with van der Waals surface area (Å²) in [6, 6.07) is 38.7. The number of hydrogen-bond acceptors (Lipinski definition) is 5. The molecule has 8 rings (SSSR count). The summed E-state index contributed by atoms with van der Waals surface area (Å²) < 4.78 is 13.1. The summed E-state index contributed by atoms with van der Waals surface area (Å²) >= 11 is 0. The van der Waals surface area contributed by atoms with E-state index < -0.39 is 0 Å². The maximum atomic E-state index is 10.6. The summed E-state index contributed by atoms with van der Waals surface area (Å²) in [7, 11) is 0. The molecule has 6 aromatic carbocycles. The van der Waals surface area contributed by atoms with E-state index in [2.05, 4.69) is 89.2 Å². The number of aryl methyl sites for hydroxylation is 2. The number of aromatic hydroxyl groups is 1. The fourth-order valence-corrected chi connectivity index (χ4v) is 6.65. The number of nitrogens with zero attached hydrogens (tertiary/aromatic N) is 2. The van der Waals surface area contributed by atoms with Crippen molar-refractivity contribution < 1.29 is 13.9 Å². The van der Waals surface area contributed by atoms with Gasteiger partial charge in [0.1, 0.15) is 22.4 Å². The number of phenols is 1. The smallest absolute Gasteiger partial charge is 0.229 e. The Kier molecular flexibility index (Phi) is 7.22. The third-order valence-corrected chi connectivity index (χ3v) is 9.12. The zero-order valence-electron chi connectivity index (χ0n) is 28.2. The first-order chi connectivity index (χ1) is 23.6. The molecule has 0 atom stereocenters. The lowest BCUT2D eigenvalue weighted by Gasteiger charge is -2.19. The van der Waals surface area contributed by atoms with Gasteiger partial charge in [0.2, 0.25) is 5.89 Å². The molecule has 240 valence electrons. The highest BCUT2D eigenvalue weighted by Crippen LogP contribution is 2.42. The van der Waals surface area contributed by atoms with Crippen molar-refractivity contribution in [2.24, 2.45) is 4.99 Å². The van der Waals surface area contributed by atoms with E-state index in [0.29, 0.717) is 22.7 Å². The van der Waals surface area contributed by atoms with E-state index in [4.69, 9.17) is 18.8 Å². The van der Waals surface area contributed by atoms with Crippen LogP contribution in [0.25, 0.3) is 66.7 Å². The molecule has 0 saturated heterocycles. The van der Waals surface area contributed by atoms with Crippen molar-refractivity contribution in [3.05, 3.63) is 138 Å². The number of phenolic OH excluding ortho intramolecular Hbond substituents is 1. The first-order valence-corrected chi connectivity index (χ1v) is 16.5. The van der Waals surface area contributed by atoms with Crippen LogP contribution in [0.2, 0.25) is 0 Å². The van der Waals surface area contributed by atoms with Crippen molar-refractivity contribution >= 4 is 44.9 Å². The predicted octanol–water partition coefficient (Wildman–Crippen LogP) is 12.1. The van der Waals surface area contributed by atoms with Gasteiger partial charge in [-0.15, -0.1) is 0 Å². The van der Waals surface area contributed by atoms with Crippen molar-refractivity contribution in [2.75, 3.05) is 0 Å². The van der Waals surface area contributed by atoms with E-state index in [1.807, 2.05) is 54.6 Å². The minimum Gasteiger partial charge on any atom is -0.507 e. The molecule has 8 aromatic rings. The predicted molar refractivity (Wildman–Crippen MR) is 201 cm³/mol. The van der Waals surface area contributed by atoms with Gasteiger partial charge in [-0.2, -0.15) is 0 Å². The number of oxazole rings is 1. The summed E-state index contributed by atoms with van der Waals surface area (Å²) in [6.45, 7) is 10.7. The molecule has 0 bridgehead atoms. The molecule has 49 heavy (non-hydrogen) atoms. The largest absolute Gasteiger partial charge is 0.507 e. The van der Waals surface area contributed by atoms with Gasteiger partial charge in [0, 0.05) is 33.7 Å². The van der Waals surface area contributed by atoms with Crippen LogP contribution in [0, 0.1) is 13.8 Å². The highest BCUT2D eigenvalue weighted by molar-refractivity contribution is 6.12.